The molecule has 0 spiro atoms. The number of hydrogen-bond acceptors (Lipinski definition) is 11. The number of amides is 2. The van der Waals surface area contributed by atoms with Gasteiger partial charge in [-0.1, -0.05) is 44.2 Å². The van der Waals surface area contributed by atoms with E-state index in [0.717, 1.165) is 5.56 Å². The van der Waals surface area contributed by atoms with Crippen molar-refractivity contribution in [2.24, 2.45) is 5.92 Å². The van der Waals surface area contributed by atoms with Gasteiger partial charge in [0.05, 0.1) is 13.2 Å². The molecule has 2 aliphatic rings. The lowest BCUT2D eigenvalue weighted by Gasteiger charge is -2.27. The molecule has 3 N–H and O–H groups in total. The first kappa shape index (κ1) is 35.8. The highest BCUT2D eigenvalue weighted by Crippen LogP contribution is 2.42. The Kier molecular flexibility index (Phi) is 11.3. The molecule has 6 atom stereocenters. The van der Waals surface area contributed by atoms with Crippen LogP contribution in [0.3, 0.4) is 0 Å². The zero-order valence-electron chi connectivity index (χ0n) is 27.6. The number of rotatable bonds is 12. The molecule has 0 radical (unpaired) electrons. The zero-order valence-corrected chi connectivity index (χ0v) is 27.6. The van der Waals surface area contributed by atoms with Crippen LogP contribution in [0.4, 0.5) is 4.79 Å². The SMILES string of the molecule is CC(C)[C@H](NC(=O)OC(C)(C)C)C(=O)N[C@@H](COCc1ccccc1)C(=O)OC[C@H]1O[C@@H](n2ccc(=O)[nH]c2=O)[C@@H]2OC(C)(C)O[C@@H]21. The number of carbonyl (C=O) groups excluding carboxylic acids is 3. The third kappa shape index (κ3) is 9.73. The molecule has 15 nitrogen and oxygen atoms in total. The number of nitrogens with one attached hydrogen (secondary N) is 3. The van der Waals surface area contributed by atoms with E-state index in [2.05, 4.69) is 15.6 Å². The molecule has 1 aromatic carbocycles. The van der Waals surface area contributed by atoms with Crippen molar-refractivity contribution >= 4 is 18.0 Å². The van der Waals surface area contributed by atoms with Crippen molar-refractivity contribution in [3.8, 4) is 0 Å². The van der Waals surface area contributed by atoms with Gasteiger partial charge in [0.15, 0.2) is 18.1 Å². The maximum atomic E-state index is 13.5. The van der Waals surface area contributed by atoms with Crippen LogP contribution in [0.15, 0.2) is 52.2 Å². The first-order valence-electron chi connectivity index (χ1n) is 15.4. The average Bonchev–Trinajstić information content (AvgIpc) is 3.46. The van der Waals surface area contributed by atoms with E-state index in [9.17, 15) is 24.0 Å². The average molecular weight is 661 g/mol. The molecular formula is C32H44N4O11. The lowest BCUT2D eigenvalue weighted by molar-refractivity contribution is -0.203. The largest absolute Gasteiger partial charge is 0.461 e. The van der Waals surface area contributed by atoms with Gasteiger partial charge in [-0.25, -0.2) is 14.4 Å². The van der Waals surface area contributed by atoms with Gasteiger partial charge in [-0.15, -0.1) is 0 Å². The summed E-state index contributed by atoms with van der Waals surface area (Å²) >= 11 is 0. The summed E-state index contributed by atoms with van der Waals surface area (Å²) in [7, 11) is 0. The van der Waals surface area contributed by atoms with Crippen molar-refractivity contribution in [1.82, 2.24) is 20.2 Å². The van der Waals surface area contributed by atoms with Crippen molar-refractivity contribution in [3.05, 3.63) is 69.0 Å². The molecule has 47 heavy (non-hydrogen) atoms. The highest BCUT2D eigenvalue weighted by Gasteiger charge is 2.56. The van der Waals surface area contributed by atoms with E-state index in [1.807, 2.05) is 30.3 Å². The highest BCUT2D eigenvalue weighted by atomic mass is 16.8. The van der Waals surface area contributed by atoms with Gasteiger partial charge in [0.25, 0.3) is 5.56 Å². The Morgan fingerprint density at radius 2 is 1.70 bits per heavy atom. The topological polar surface area (TPSA) is 186 Å². The lowest BCUT2D eigenvalue weighted by Crippen LogP contribution is -2.55. The molecule has 0 unspecified atom stereocenters. The Balaban J connectivity index is 1.47. The summed E-state index contributed by atoms with van der Waals surface area (Å²) in [6.07, 6.45) is -2.83. The minimum atomic E-state index is -1.26. The fraction of sp³-hybridized carbons (Fsp3) is 0.594. The van der Waals surface area contributed by atoms with Crippen LogP contribution in [-0.4, -0.2) is 82.5 Å². The van der Waals surface area contributed by atoms with Crippen molar-refractivity contribution in [2.75, 3.05) is 13.2 Å². The van der Waals surface area contributed by atoms with Crippen LogP contribution < -0.4 is 21.9 Å². The molecular weight excluding hydrogens is 616 g/mol. The highest BCUT2D eigenvalue weighted by molar-refractivity contribution is 5.90. The molecule has 2 saturated heterocycles. The molecule has 2 fully saturated rings. The minimum Gasteiger partial charge on any atom is -0.461 e. The Morgan fingerprint density at radius 3 is 2.34 bits per heavy atom. The Labute approximate surface area is 272 Å². The fourth-order valence-corrected chi connectivity index (χ4v) is 5.18. The van der Waals surface area contributed by atoms with Gasteiger partial charge in [-0.05, 0) is 46.1 Å². The lowest BCUT2D eigenvalue weighted by atomic mass is 10.0. The van der Waals surface area contributed by atoms with Crippen LogP contribution in [-0.2, 0) is 44.6 Å². The number of hydrogen-bond donors (Lipinski definition) is 3. The molecule has 2 amide bonds. The number of aromatic amines is 1. The third-order valence-corrected chi connectivity index (χ3v) is 7.26. The molecule has 0 bridgehead atoms. The van der Waals surface area contributed by atoms with Crippen LogP contribution in [0.1, 0.15) is 60.3 Å². The second-order valence-corrected chi connectivity index (χ2v) is 13.2. The number of benzene rings is 1. The molecule has 2 aromatic rings. The number of aromatic nitrogens is 2. The molecule has 4 rings (SSSR count). The maximum absolute atomic E-state index is 13.5. The second-order valence-electron chi connectivity index (χ2n) is 13.2. The smallest absolute Gasteiger partial charge is 0.408 e. The summed E-state index contributed by atoms with van der Waals surface area (Å²) in [6, 6.07) is 8.15. The minimum absolute atomic E-state index is 0.162. The first-order chi connectivity index (χ1) is 22.0. The quantitative estimate of drug-likeness (QED) is 0.282. The van der Waals surface area contributed by atoms with Crippen molar-refractivity contribution < 1.29 is 42.8 Å². The van der Waals surface area contributed by atoms with Crippen LogP contribution in [0.2, 0.25) is 0 Å². The molecule has 2 aliphatic heterocycles. The van der Waals surface area contributed by atoms with Gasteiger partial charge in [0.1, 0.15) is 36.6 Å². The predicted molar refractivity (Wildman–Crippen MR) is 166 cm³/mol. The Bertz CT molecular complexity index is 1520. The Morgan fingerprint density at radius 1 is 1.02 bits per heavy atom. The van der Waals surface area contributed by atoms with E-state index in [1.54, 1.807) is 48.5 Å². The van der Waals surface area contributed by atoms with Crippen LogP contribution in [0.5, 0.6) is 0 Å². The molecule has 1 aromatic heterocycles. The molecule has 258 valence electrons. The standard InChI is InChI=1S/C32H44N4O11/c1-18(2)23(35-30(41)47-31(3,4)5)26(38)33-20(16-42-15-19-11-9-8-10-12-19)28(39)43-17-21-24-25(46-32(6,7)45-24)27(44-21)36-14-13-22(37)34-29(36)40/h8-14,18,20-21,23-25,27H,15-17H2,1-7H3,(H,33,38)(H,35,41)(H,34,37,40)/t20-,21+,23-,24+,25+,27+/m0/s1. The van der Waals surface area contributed by atoms with Gasteiger partial charge in [0.2, 0.25) is 5.91 Å². The number of H-pyrrole nitrogens is 1. The molecule has 15 heteroatoms. The summed E-state index contributed by atoms with van der Waals surface area (Å²) < 4.78 is 36.0. The number of fused-ring (bicyclic) bond motifs is 1. The van der Waals surface area contributed by atoms with Crippen molar-refractivity contribution in [2.45, 2.75) is 103 Å². The van der Waals surface area contributed by atoms with E-state index >= 15 is 0 Å². The number of esters is 1. The van der Waals surface area contributed by atoms with E-state index in [0.29, 0.717) is 0 Å². The van der Waals surface area contributed by atoms with Crippen LogP contribution in [0, 0.1) is 5.92 Å². The predicted octanol–water partition coefficient (Wildman–Crippen LogP) is 1.75. The van der Waals surface area contributed by atoms with E-state index in [4.69, 9.17) is 28.4 Å². The summed E-state index contributed by atoms with van der Waals surface area (Å²) in [6.45, 7) is 11.6. The van der Waals surface area contributed by atoms with Gasteiger partial charge in [-0.2, -0.15) is 0 Å². The second kappa shape index (κ2) is 14.8. The monoisotopic (exact) mass is 660 g/mol. The summed E-state index contributed by atoms with van der Waals surface area (Å²) in [5.74, 6) is -2.85. The zero-order chi connectivity index (χ0) is 34.5. The van der Waals surface area contributed by atoms with E-state index < -0.39 is 77.2 Å². The number of alkyl carbamates (subject to hydrolysis) is 1. The summed E-state index contributed by atoms with van der Waals surface area (Å²) in [4.78, 5) is 65.7. The van der Waals surface area contributed by atoms with Gasteiger partial charge in [-0.3, -0.25) is 19.1 Å². The third-order valence-electron chi connectivity index (χ3n) is 7.26. The fourth-order valence-electron chi connectivity index (χ4n) is 5.18. The molecule has 3 heterocycles. The van der Waals surface area contributed by atoms with E-state index in [-0.39, 0.29) is 25.7 Å². The van der Waals surface area contributed by atoms with Gasteiger partial charge < -0.3 is 39.1 Å². The number of carbonyl (C=O) groups is 3. The summed E-state index contributed by atoms with van der Waals surface area (Å²) in [5.41, 5.74) is -1.20. The first-order valence-corrected chi connectivity index (χ1v) is 15.4. The summed E-state index contributed by atoms with van der Waals surface area (Å²) in [5, 5.41) is 5.22. The van der Waals surface area contributed by atoms with Gasteiger partial charge in [0, 0.05) is 12.3 Å². The van der Waals surface area contributed by atoms with Crippen LogP contribution in [0.25, 0.3) is 0 Å². The van der Waals surface area contributed by atoms with Crippen molar-refractivity contribution in [3.63, 3.8) is 0 Å². The molecule has 0 saturated carbocycles. The van der Waals surface area contributed by atoms with Gasteiger partial charge >= 0.3 is 17.8 Å². The number of ether oxygens (including phenoxy) is 6. The molecule has 0 aliphatic carbocycles. The maximum Gasteiger partial charge on any atom is 0.408 e. The Hall–Kier alpha value is -4.05. The number of nitrogens with zero attached hydrogens (tertiary/aromatic N) is 1. The van der Waals surface area contributed by atoms with E-state index in [1.165, 1.54) is 16.8 Å². The van der Waals surface area contributed by atoms with Crippen molar-refractivity contribution in [1.29, 1.82) is 0 Å². The normalized spacial score (nSPS) is 23.1. The van der Waals surface area contributed by atoms with Crippen LogP contribution >= 0.6 is 0 Å².